The van der Waals surface area contributed by atoms with Crippen LogP contribution in [0.15, 0.2) is 6.07 Å². The molecule has 3 N–H and O–H groups in total. The average Bonchev–Trinajstić information content (AvgIpc) is 2.47. The molecule has 2 aromatic carbocycles. The van der Waals surface area contributed by atoms with E-state index in [9.17, 15) is 10.2 Å². The van der Waals surface area contributed by atoms with Crippen molar-refractivity contribution >= 4 is 11.4 Å². The van der Waals surface area contributed by atoms with E-state index >= 15 is 0 Å². The Kier molecular flexibility index (Phi) is 2.80. The number of aromatic hydroxyl groups is 2. The van der Waals surface area contributed by atoms with Crippen molar-refractivity contribution in [2.24, 2.45) is 0 Å². The molecule has 1 heterocycles. The third-order valence-corrected chi connectivity index (χ3v) is 4.37. The van der Waals surface area contributed by atoms with Gasteiger partial charge in [0.2, 0.25) is 0 Å². The van der Waals surface area contributed by atoms with Crippen LogP contribution in [-0.2, 0) is 0 Å². The lowest BCUT2D eigenvalue weighted by molar-refractivity contribution is 0.433. The lowest BCUT2D eigenvalue weighted by atomic mass is 9.98. The van der Waals surface area contributed by atoms with Crippen molar-refractivity contribution in [1.82, 2.24) is 0 Å². The predicted octanol–water partition coefficient (Wildman–Crippen LogP) is 4.49. The molecule has 4 nitrogen and oxygen atoms in total. The van der Waals surface area contributed by atoms with Crippen LogP contribution in [0.5, 0.6) is 23.0 Å². The van der Waals surface area contributed by atoms with Gasteiger partial charge >= 0.3 is 0 Å². The molecule has 0 aromatic heterocycles. The van der Waals surface area contributed by atoms with Gasteiger partial charge in [0.15, 0.2) is 11.5 Å². The Bertz CT molecular complexity index is 779. The van der Waals surface area contributed by atoms with Crippen LogP contribution in [-0.4, -0.2) is 10.2 Å². The normalized spacial score (nSPS) is 12.2. The van der Waals surface area contributed by atoms with E-state index in [1.165, 1.54) is 0 Å². The zero-order chi connectivity index (χ0) is 15.5. The van der Waals surface area contributed by atoms with Crippen LogP contribution in [0.3, 0.4) is 0 Å². The van der Waals surface area contributed by atoms with E-state index in [1.54, 1.807) is 6.07 Å². The number of anilines is 2. The number of fused-ring (bicyclic) bond motifs is 2. The van der Waals surface area contributed by atoms with Crippen molar-refractivity contribution in [3.63, 3.8) is 0 Å². The molecule has 0 radical (unpaired) electrons. The minimum Gasteiger partial charge on any atom is -0.508 e. The largest absolute Gasteiger partial charge is 0.508 e. The van der Waals surface area contributed by atoms with Gasteiger partial charge in [-0.1, -0.05) is 0 Å². The summed E-state index contributed by atoms with van der Waals surface area (Å²) in [6.45, 7) is 9.42. The summed E-state index contributed by atoms with van der Waals surface area (Å²) in [7, 11) is 0. The first-order chi connectivity index (χ1) is 9.82. The number of phenols is 2. The second kappa shape index (κ2) is 4.32. The molecule has 2 aromatic rings. The lowest BCUT2D eigenvalue weighted by Gasteiger charge is -2.29. The first-order valence-electron chi connectivity index (χ1n) is 6.93. The van der Waals surface area contributed by atoms with Gasteiger partial charge in [-0.05, 0) is 57.4 Å². The van der Waals surface area contributed by atoms with E-state index in [4.69, 9.17) is 4.74 Å². The zero-order valence-electron chi connectivity index (χ0n) is 12.9. The molecular weight excluding hydrogens is 266 g/mol. The number of nitrogens with one attached hydrogen (secondary N) is 1. The van der Waals surface area contributed by atoms with Crippen molar-refractivity contribution in [3.8, 4) is 23.0 Å². The molecule has 0 saturated carbocycles. The highest BCUT2D eigenvalue weighted by Crippen LogP contribution is 2.52. The van der Waals surface area contributed by atoms with Gasteiger partial charge in [-0.15, -0.1) is 0 Å². The first-order valence-corrected chi connectivity index (χ1v) is 6.93. The van der Waals surface area contributed by atoms with Crippen LogP contribution >= 0.6 is 0 Å². The fraction of sp³-hybridized carbons (Fsp3) is 0.294. The molecule has 0 amide bonds. The smallest absolute Gasteiger partial charge is 0.157 e. The van der Waals surface area contributed by atoms with Gasteiger partial charge in [0, 0.05) is 11.1 Å². The molecule has 110 valence electrons. The Hall–Kier alpha value is -2.36. The SMILES string of the molecule is Cc1cc(O)c(C)c2c1Nc1c(C)c(C)c(O)c(C)c1O2. The van der Waals surface area contributed by atoms with Gasteiger partial charge in [0.05, 0.1) is 11.4 Å². The Balaban J connectivity index is 2.30. The number of rotatable bonds is 0. The van der Waals surface area contributed by atoms with E-state index in [2.05, 4.69) is 5.32 Å². The maximum Gasteiger partial charge on any atom is 0.157 e. The maximum absolute atomic E-state index is 10.2. The van der Waals surface area contributed by atoms with E-state index in [1.807, 2.05) is 34.6 Å². The van der Waals surface area contributed by atoms with Crippen molar-refractivity contribution in [3.05, 3.63) is 33.9 Å². The summed E-state index contributed by atoms with van der Waals surface area (Å²) in [6, 6.07) is 1.73. The van der Waals surface area contributed by atoms with E-state index in [-0.39, 0.29) is 11.5 Å². The fourth-order valence-corrected chi connectivity index (χ4v) is 2.77. The summed E-state index contributed by atoms with van der Waals surface area (Å²) in [4.78, 5) is 0. The molecule has 1 aliphatic rings. The van der Waals surface area contributed by atoms with Crippen LogP contribution < -0.4 is 10.1 Å². The van der Waals surface area contributed by atoms with Gasteiger partial charge in [0.1, 0.15) is 11.5 Å². The van der Waals surface area contributed by atoms with E-state index in [0.29, 0.717) is 22.6 Å². The second-order valence-electron chi connectivity index (χ2n) is 5.70. The highest BCUT2D eigenvalue weighted by molar-refractivity contribution is 5.84. The topological polar surface area (TPSA) is 61.7 Å². The molecule has 0 saturated heterocycles. The van der Waals surface area contributed by atoms with Gasteiger partial charge in [-0.2, -0.15) is 0 Å². The molecule has 0 spiro atoms. The van der Waals surface area contributed by atoms with Crippen molar-refractivity contribution in [2.75, 3.05) is 5.32 Å². The fourth-order valence-electron chi connectivity index (χ4n) is 2.77. The minimum atomic E-state index is 0.210. The van der Waals surface area contributed by atoms with Gasteiger partial charge in [-0.25, -0.2) is 0 Å². The van der Waals surface area contributed by atoms with Crippen LogP contribution in [0.25, 0.3) is 0 Å². The number of hydrogen-bond acceptors (Lipinski definition) is 4. The predicted molar refractivity (Wildman–Crippen MR) is 83.3 cm³/mol. The number of aryl methyl sites for hydroxylation is 1. The molecule has 4 heteroatoms. The number of phenolic OH excluding ortho intramolecular Hbond substituents is 2. The molecule has 0 unspecified atom stereocenters. The monoisotopic (exact) mass is 285 g/mol. The summed E-state index contributed by atoms with van der Waals surface area (Å²) in [6.07, 6.45) is 0. The van der Waals surface area contributed by atoms with Crippen molar-refractivity contribution < 1.29 is 14.9 Å². The molecule has 21 heavy (non-hydrogen) atoms. The van der Waals surface area contributed by atoms with E-state index in [0.717, 1.165) is 28.1 Å². The standard InChI is InChI=1S/C17H19NO3/c1-7-6-12(19)10(4)16-13(7)18-14-8(2)9(3)15(20)11(5)17(14)21-16/h6,18-20H,1-5H3. The summed E-state index contributed by atoms with van der Waals surface area (Å²) < 4.78 is 6.03. The Labute approximate surface area is 124 Å². The Morgan fingerprint density at radius 2 is 1.43 bits per heavy atom. The number of benzene rings is 2. The maximum atomic E-state index is 10.2. The third-order valence-electron chi connectivity index (χ3n) is 4.37. The Morgan fingerprint density at radius 1 is 0.810 bits per heavy atom. The van der Waals surface area contributed by atoms with Crippen LogP contribution in [0.4, 0.5) is 11.4 Å². The molecule has 0 fully saturated rings. The molecule has 1 aliphatic heterocycles. The van der Waals surface area contributed by atoms with Gasteiger partial charge in [0.25, 0.3) is 0 Å². The molecule has 0 aliphatic carbocycles. The average molecular weight is 285 g/mol. The van der Waals surface area contributed by atoms with E-state index < -0.39 is 0 Å². The highest BCUT2D eigenvalue weighted by Gasteiger charge is 2.27. The van der Waals surface area contributed by atoms with Gasteiger partial charge < -0.3 is 20.3 Å². The summed E-state index contributed by atoms with van der Waals surface area (Å²) in [5.74, 6) is 1.70. The number of ether oxygens (including phenoxy) is 1. The minimum absolute atomic E-state index is 0.210. The van der Waals surface area contributed by atoms with Crippen molar-refractivity contribution in [2.45, 2.75) is 34.6 Å². The van der Waals surface area contributed by atoms with Crippen LogP contribution in [0.2, 0.25) is 0 Å². The summed E-state index contributed by atoms with van der Waals surface area (Å²) in [5, 5.41) is 23.6. The highest BCUT2D eigenvalue weighted by atomic mass is 16.5. The third kappa shape index (κ3) is 1.75. The molecule has 0 atom stereocenters. The number of hydrogen-bond donors (Lipinski definition) is 3. The van der Waals surface area contributed by atoms with Gasteiger partial charge in [-0.3, -0.25) is 0 Å². The second-order valence-corrected chi connectivity index (χ2v) is 5.70. The molecule has 0 bridgehead atoms. The summed E-state index contributed by atoms with van der Waals surface area (Å²) >= 11 is 0. The lowest BCUT2D eigenvalue weighted by Crippen LogP contribution is -2.09. The molecular formula is C17H19NO3. The first kappa shape index (κ1) is 13.6. The zero-order valence-corrected chi connectivity index (χ0v) is 12.9. The molecule has 3 rings (SSSR count). The Morgan fingerprint density at radius 3 is 2.10 bits per heavy atom. The van der Waals surface area contributed by atoms with Crippen LogP contribution in [0, 0.1) is 34.6 Å². The quantitative estimate of drug-likeness (QED) is 0.533. The van der Waals surface area contributed by atoms with Crippen molar-refractivity contribution in [1.29, 1.82) is 0 Å². The summed E-state index contributed by atoms with van der Waals surface area (Å²) in [5.41, 5.74) is 5.86. The van der Waals surface area contributed by atoms with Crippen LogP contribution in [0.1, 0.15) is 27.8 Å².